The number of ether oxygens (including phenoxy) is 3. The monoisotopic (exact) mass is 393 g/mol. The molecule has 4 rings (SSSR count). The van der Waals surface area contributed by atoms with Crippen molar-refractivity contribution in [2.45, 2.75) is 0 Å². The number of rotatable bonds is 5. The first-order valence-corrected chi connectivity index (χ1v) is 9.07. The summed E-state index contributed by atoms with van der Waals surface area (Å²) in [6.45, 7) is 0.0656. The van der Waals surface area contributed by atoms with Crippen LogP contribution in [0.1, 0.15) is 1.43 Å². The first-order chi connectivity index (χ1) is 14.1. The second-order valence-electron chi connectivity index (χ2n) is 6.58. The third-order valence-corrected chi connectivity index (χ3v) is 4.76. The van der Waals surface area contributed by atoms with E-state index in [1.807, 2.05) is 48.5 Å². The van der Waals surface area contributed by atoms with Crippen molar-refractivity contribution >= 4 is 23.1 Å². The van der Waals surface area contributed by atoms with E-state index in [-0.39, 0.29) is 13.9 Å². The molecule has 7 heteroatoms. The van der Waals surface area contributed by atoms with Crippen molar-refractivity contribution in [3.05, 3.63) is 54.7 Å². The van der Waals surface area contributed by atoms with Gasteiger partial charge in [-0.25, -0.2) is 4.98 Å². The molecule has 0 saturated heterocycles. The number of fused-ring (bicyclic) bond motifs is 1. The summed E-state index contributed by atoms with van der Waals surface area (Å²) in [6, 6.07) is 15.2. The predicted octanol–water partition coefficient (Wildman–Crippen LogP) is 4.11. The SMILES string of the molecule is COc1cc(Nc2cc(-c3ccc4c(c3)N(C)C(=O)CO4)ccn2)cc(OC)c1.[HH]. The van der Waals surface area contributed by atoms with Crippen LogP contribution in [0.2, 0.25) is 0 Å². The van der Waals surface area contributed by atoms with Crippen LogP contribution in [0.3, 0.4) is 0 Å². The molecule has 1 N–H and O–H groups in total. The average Bonchev–Trinajstić information content (AvgIpc) is 2.76. The zero-order valence-corrected chi connectivity index (χ0v) is 16.4. The number of methoxy groups -OCH3 is 2. The second-order valence-corrected chi connectivity index (χ2v) is 6.58. The van der Waals surface area contributed by atoms with Gasteiger partial charge in [0.1, 0.15) is 23.1 Å². The first kappa shape index (κ1) is 18.6. The maximum absolute atomic E-state index is 11.9. The molecule has 1 aliphatic rings. The second kappa shape index (κ2) is 7.71. The highest BCUT2D eigenvalue weighted by atomic mass is 16.5. The van der Waals surface area contributed by atoms with E-state index < -0.39 is 0 Å². The summed E-state index contributed by atoms with van der Waals surface area (Å²) in [7, 11) is 4.97. The summed E-state index contributed by atoms with van der Waals surface area (Å²) in [5, 5.41) is 3.28. The Morgan fingerprint density at radius 2 is 1.76 bits per heavy atom. The van der Waals surface area contributed by atoms with Gasteiger partial charge in [0, 0.05) is 38.6 Å². The minimum Gasteiger partial charge on any atom is -0.497 e. The van der Waals surface area contributed by atoms with Crippen molar-refractivity contribution < 1.29 is 20.4 Å². The number of nitrogens with one attached hydrogen (secondary N) is 1. The Balaban J connectivity index is 0.00000256. The highest BCUT2D eigenvalue weighted by Crippen LogP contribution is 2.36. The average molecular weight is 393 g/mol. The Morgan fingerprint density at radius 1 is 1.03 bits per heavy atom. The molecule has 150 valence electrons. The minimum atomic E-state index is -0.0706. The molecule has 0 atom stereocenters. The summed E-state index contributed by atoms with van der Waals surface area (Å²) in [6.07, 6.45) is 1.74. The van der Waals surface area contributed by atoms with Crippen molar-refractivity contribution in [2.75, 3.05) is 38.1 Å². The Morgan fingerprint density at radius 3 is 2.48 bits per heavy atom. The third-order valence-electron chi connectivity index (χ3n) is 4.76. The third kappa shape index (κ3) is 3.80. The molecular weight excluding hydrogens is 370 g/mol. The summed E-state index contributed by atoms with van der Waals surface area (Å²) in [5.74, 6) is 2.68. The standard InChI is InChI=1S/C22H21N3O4.H2/c1-25-19-8-14(4-5-20(19)29-13-22(25)26)15-6-7-23-21(9-15)24-16-10-17(27-2)12-18(11-16)28-3;/h4-12H,13H2,1-3H3,(H,23,24);1H. The highest BCUT2D eigenvalue weighted by Gasteiger charge is 2.22. The number of benzene rings is 2. The van der Waals surface area contributed by atoms with Gasteiger partial charge in [-0.1, -0.05) is 6.07 Å². The van der Waals surface area contributed by atoms with E-state index in [4.69, 9.17) is 14.2 Å². The van der Waals surface area contributed by atoms with Gasteiger partial charge in [0.2, 0.25) is 0 Å². The predicted molar refractivity (Wildman–Crippen MR) is 114 cm³/mol. The number of likely N-dealkylation sites (N-methyl/N-ethyl adjacent to an activating group) is 1. The van der Waals surface area contributed by atoms with Crippen LogP contribution in [0.4, 0.5) is 17.2 Å². The van der Waals surface area contributed by atoms with E-state index in [0.717, 1.165) is 22.5 Å². The van der Waals surface area contributed by atoms with Crippen molar-refractivity contribution in [3.8, 4) is 28.4 Å². The van der Waals surface area contributed by atoms with Crippen molar-refractivity contribution in [2.24, 2.45) is 0 Å². The molecule has 0 spiro atoms. The van der Waals surface area contributed by atoms with Gasteiger partial charge in [0.25, 0.3) is 5.91 Å². The molecule has 3 aromatic rings. The van der Waals surface area contributed by atoms with Crippen molar-refractivity contribution in [1.82, 2.24) is 4.98 Å². The Labute approximate surface area is 170 Å². The molecule has 2 aromatic carbocycles. The molecule has 0 fully saturated rings. The largest absolute Gasteiger partial charge is 0.497 e. The minimum absolute atomic E-state index is 0. The van der Waals surface area contributed by atoms with Crippen LogP contribution < -0.4 is 24.4 Å². The number of carbonyl (C=O) groups excluding carboxylic acids is 1. The van der Waals surface area contributed by atoms with E-state index in [0.29, 0.717) is 23.1 Å². The van der Waals surface area contributed by atoms with Gasteiger partial charge in [0.05, 0.1) is 19.9 Å². The van der Waals surface area contributed by atoms with Crippen LogP contribution >= 0.6 is 0 Å². The summed E-state index contributed by atoms with van der Waals surface area (Å²) < 4.78 is 16.1. The molecule has 7 nitrogen and oxygen atoms in total. The van der Waals surface area contributed by atoms with Gasteiger partial charge in [0.15, 0.2) is 6.61 Å². The van der Waals surface area contributed by atoms with E-state index in [2.05, 4.69) is 10.3 Å². The number of amides is 1. The Kier molecular flexibility index (Phi) is 4.95. The van der Waals surface area contributed by atoms with Gasteiger partial charge in [-0.05, 0) is 35.4 Å². The molecule has 1 aliphatic heterocycles. The fourth-order valence-electron chi connectivity index (χ4n) is 3.16. The Hall–Kier alpha value is -3.74. The molecule has 0 saturated carbocycles. The lowest BCUT2D eigenvalue weighted by molar-refractivity contribution is -0.120. The van der Waals surface area contributed by atoms with E-state index in [1.54, 1.807) is 32.4 Å². The first-order valence-electron chi connectivity index (χ1n) is 9.07. The topological polar surface area (TPSA) is 72.9 Å². The lowest BCUT2D eigenvalue weighted by Gasteiger charge is -2.26. The quantitative estimate of drug-likeness (QED) is 0.703. The summed E-state index contributed by atoms with van der Waals surface area (Å²) in [4.78, 5) is 17.9. The van der Waals surface area contributed by atoms with Gasteiger partial charge < -0.3 is 24.4 Å². The van der Waals surface area contributed by atoms with Crippen LogP contribution in [0.15, 0.2) is 54.7 Å². The van der Waals surface area contributed by atoms with E-state index >= 15 is 0 Å². The fraction of sp³-hybridized carbons (Fsp3) is 0.182. The molecule has 2 heterocycles. The summed E-state index contributed by atoms with van der Waals surface area (Å²) >= 11 is 0. The van der Waals surface area contributed by atoms with E-state index in [9.17, 15) is 4.79 Å². The number of hydrogen-bond acceptors (Lipinski definition) is 6. The van der Waals surface area contributed by atoms with Gasteiger partial charge in [-0.15, -0.1) is 0 Å². The Bertz CT molecular complexity index is 1050. The molecular formula is C22H23N3O4. The number of pyridine rings is 1. The molecule has 0 unspecified atom stereocenters. The number of hydrogen-bond donors (Lipinski definition) is 1. The van der Waals surface area contributed by atoms with Crippen molar-refractivity contribution in [1.29, 1.82) is 0 Å². The molecule has 1 amide bonds. The molecule has 29 heavy (non-hydrogen) atoms. The highest BCUT2D eigenvalue weighted by molar-refractivity contribution is 5.98. The van der Waals surface area contributed by atoms with Gasteiger partial charge in [-0.2, -0.15) is 0 Å². The normalized spacial score (nSPS) is 12.8. The van der Waals surface area contributed by atoms with Gasteiger partial charge in [-0.3, -0.25) is 4.79 Å². The number of anilines is 3. The molecule has 1 aromatic heterocycles. The number of nitrogens with zero attached hydrogens (tertiary/aromatic N) is 2. The molecule has 0 radical (unpaired) electrons. The maximum atomic E-state index is 11.9. The van der Waals surface area contributed by atoms with Crippen molar-refractivity contribution in [3.63, 3.8) is 0 Å². The van der Waals surface area contributed by atoms with Crippen LogP contribution in [0.25, 0.3) is 11.1 Å². The maximum Gasteiger partial charge on any atom is 0.264 e. The lowest BCUT2D eigenvalue weighted by Crippen LogP contribution is -2.35. The smallest absolute Gasteiger partial charge is 0.264 e. The lowest BCUT2D eigenvalue weighted by atomic mass is 10.0. The van der Waals surface area contributed by atoms with Crippen LogP contribution in [0, 0.1) is 0 Å². The van der Waals surface area contributed by atoms with E-state index in [1.165, 1.54) is 0 Å². The fourth-order valence-corrected chi connectivity index (χ4v) is 3.16. The van der Waals surface area contributed by atoms with Gasteiger partial charge >= 0.3 is 0 Å². The van der Waals surface area contributed by atoms with Crippen LogP contribution in [-0.2, 0) is 4.79 Å². The van der Waals surface area contributed by atoms with Crippen LogP contribution in [-0.4, -0.2) is 38.8 Å². The zero-order chi connectivity index (χ0) is 20.4. The molecule has 0 bridgehead atoms. The number of aromatic nitrogens is 1. The summed E-state index contributed by atoms with van der Waals surface area (Å²) in [5.41, 5.74) is 3.48. The molecule has 0 aliphatic carbocycles. The number of carbonyl (C=O) groups is 1. The van der Waals surface area contributed by atoms with Crippen LogP contribution in [0.5, 0.6) is 17.2 Å². The zero-order valence-electron chi connectivity index (χ0n) is 16.4.